The molecule has 1 heterocycles. The summed E-state index contributed by atoms with van der Waals surface area (Å²) in [5, 5.41) is 11.7. The lowest BCUT2D eigenvalue weighted by molar-refractivity contribution is -0.140. The summed E-state index contributed by atoms with van der Waals surface area (Å²) in [4.78, 5) is 29.5. The fourth-order valence-electron chi connectivity index (χ4n) is 4.02. The second kappa shape index (κ2) is 10.8. The molecule has 35 heavy (non-hydrogen) atoms. The van der Waals surface area contributed by atoms with Crippen LogP contribution in [0.4, 0.5) is 0 Å². The lowest BCUT2D eigenvalue weighted by Crippen LogP contribution is -2.35. The average molecular weight is 491 g/mol. The second-order valence-electron chi connectivity index (χ2n) is 8.65. The van der Waals surface area contributed by atoms with Crippen molar-refractivity contribution in [3.8, 4) is 5.75 Å². The summed E-state index contributed by atoms with van der Waals surface area (Å²) in [6.07, 6.45) is 0. The third kappa shape index (κ3) is 5.56. The number of rotatable bonds is 8. The number of aliphatic hydroxyl groups is 1. The number of amides is 1. The first kappa shape index (κ1) is 24.5. The molecule has 180 valence electrons. The molecule has 3 aromatic carbocycles. The van der Waals surface area contributed by atoms with Gasteiger partial charge in [0.05, 0.1) is 11.6 Å². The molecular formula is C28H27ClN2O4. The van der Waals surface area contributed by atoms with Crippen LogP contribution in [0.3, 0.4) is 0 Å². The van der Waals surface area contributed by atoms with Crippen LogP contribution in [0.2, 0.25) is 5.02 Å². The zero-order valence-corrected chi connectivity index (χ0v) is 20.4. The van der Waals surface area contributed by atoms with Crippen LogP contribution in [0.15, 0.2) is 84.4 Å². The van der Waals surface area contributed by atoms with Crippen LogP contribution in [0.1, 0.15) is 22.7 Å². The number of halogens is 1. The molecule has 3 aromatic rings. The molecule has 7 heteroatoms. The maximum absolute atomic E-state index is 13.1. The minimum Gasteiger partial charge on any atom is -0.507 e. The molecule has 1 amide bonds. The molecule has 0 aromatic heterocycles. The van der Waals surface area contributed by atoms with Gasteiger partial charge in [0.1, 0.15) is 18.1 Å². The number of carbonyl (C=O) groups is 2. The summed E-state index contributed by atoms with van der Waals surface area (Å²) < 4.78 is 5.82. The summed E-state index contributed by atoms with van der Waals surface area (Å²) in [6.45, 7) is 1.33. The Morgan fingerprint density at radius 1 is 0.971 bits per heavy atom. The maximum Gasteiger partial charge on any atom is 0.295 e. The van der Waals surface area contributed by atoms with Crippen LogP contribution < -0.4 is 4.74 Å². The van der Waals surface area contributed by atoms with E-state index >= 15 is 0 Å². The average Bonchev–Trinajstić information content (AvgIpc) is 3.12. The van der Waals surface area contributed by atoms with E-state index in [1.165, 1.54) is 4.90 Å². The van der Waals surface area contributed by atoms with Gasteiger partial charge in [0.2, 0.25) is 0 Å². The zero-order chi connectivity index (χ0) is 24.9. The van der Waals surface area contributed by atoms with Gasteiger partial charge in [-0.15, -0.1) is 0 Å². The molecule has 0 bridgehead atoms. The van der Waals surface area contributed by atoms with Gasteiger partial charge < -0.3 is 19.6 Å². The minimum atomic E-state index is -0.707. The van der Waals surface area contributed by atoms with Gasteiger partial charge in [0, 0.05) is 23.7 Å². The van der Waals surface area contributed by atoms with Gasteiger partial charge >= 0.3 is 0 Å². The van der Waals surface area contributed by atoms with E-state index in [1.54, 1.807) is 48.5 Å². The lowest BCUT2D eigenvalue weighted by atomic mass is 9.95. The first-order valence-corrected chi connectivity index (χ1v) is 11.7. The molecule has 1 unspecified atom stereocenters. The molecule has 1 aliphatic heterocycles. The van der Waals surface area contributed by atoms with E-state index in [1.807, 2.05) is 49.3 Å². The number of Topliss-reactive ketones (excluding diaryl/α,β-unsaturated/α-hetero) is 1. The van der Waals surface area contributed by atoms with Crippen molar-refractivity contribution in [2.75, 3.05) is 27.2 Å². The Labute approximate surface area is 210 Å². The molecule has 1 atom stereocenters. The normalized spacial score (nSPS) is 17.3. The Hall–Kier alpha value is -3.61. The van der Waals surface area contributed by atoms with Crippen LogP contribution in [0.25, 0.3) is 5.76 Å². The Kier molecular flexibility index (Phi) is 7.54. The highest BCUT2D eigenvalue weighted by molar-refractivity contribution is 6.46. The summed E-state index contributed by atoms with van der Waals surface area (Å²) in [5.74, 6) is -0.918. The summed E-state index contributed by atoms with van der Waals surface area (Å²) in [7, 11) is 3.80. The van der Waals surface area contributed by atoms with E-state index in [0.29, 0.717) is 41.6 Å². The number of likely N-dealkylation sites (N-methyl/N-ethyl adjacent to an activating group) is 1. The minimum absolute atomic E-state index is 0.0639. The van der Waals surface area contributed by atoms with Crippen molar-refractivity contribution in [1.82, 2.24) is 9.80 Å². The Morgan fingerprint density at radius 2 is 1.63 bits per heavy atom. The topological polar surface area (TPSA) is 70.1 Å². The van der Waals surface area contributed by atoms with E-state index in [-0.39, 0.29) is 11.3 Å². The van der Waals surface area contributed by atoms with Crippen molar-refractivity contribution in [1.29, 1.82) is 0 Å². The zero-order valence-electron chi connectivity index (χ0n) is 19.6. The van der Waals surface area contributed by atoms with E-state index in [9.17, 15) is 14.7 Å². The number of benzene rings is 3. The number of hydrogen-bond donors (Lipinski definition) is 1. The van der Waals surface area contributed by atoms with Gasteiger partial charge in [-0.3, -0.25) is 9.59 Å². The van der Waals surface area contributed by atoms with Crippen LogP contribution in [-0.2, 0) is 16.2 Å². The van der Waals surface area contributed by atoms with Gasteiger partial charge in [-0.05, 0) is 61.6 Å². The maximum atomic E-state index is 13.1. The molecular weight excluding hydrogens is 464 g/mol. The van der Waals surface area contributed by atoms with Gasteiger partial charge in [0.15, 0.2) is 0 Å². The van der Waals surface area contributed by atoms with Crippen molar-refractivity contribution in [3.05, 3.63) is 106 Å². The van der Waals surface area contributed by atoms with Crippen molar-refractivity contribution >= 4 is 29.1 Å². The predicted molar refractivity (Wildman–Crippen MR) is 136 cm³/mol. The quantitative estimate of drug-likeness (QED) is 0.276. The van der Waals surface area contributed by atoms with Crippen molar-refractivity contribution in [3.63, 3.8) is 0 Å². The Balaban J connectivity index is 1.65. The number of aliphatic hydroxyl groups excluding tert-OH is 1. The largest absolute Gasteiger partial charge is 0.507 e. The van der Waals surface area contributed by atoms with Gasteiger partial charge in [-0.2, -0.15) is 0 Å². The van der Waals surface area contributed by atoms with Crippen LogP contribution in [0, 0.1) is 0 Å². The first-order valence-electron chi connectivity index (χ1n) is 11.3. The summed E-state index contributed by atoms with van der Waals surface area (Å²) in [6, 6.07) is 22.9. The third-order valence-electron chi connectivity index (χ3n) is 5.89. The van der Waals surface area contributed by atoms with E-state index in [2.05, 4.69) is 0 Å². The number of ketones is 1. The van der Waals surface area contributed by atoms with Gasteiger partial charge in [-0.1, -0.05) is 54.1 Å². The van der Waals surface area contributed by atoms with Crippen molar-refractivity contribution < 1.29 is 19.4 Å². The number of carbonyl (C=O) groups excluding carboxylic acids is 2. The third-order valence-corrected chi connectivity index (χ3v) is 6.14. The molecule has 0 saturated carbocycles. The van der Waals surface area contributed by atoms with E-state index in [0.717, 1.165) is 5.56 Å². The Bertz CT molecular complexity index is 1220. The van der Waals surface area contributed by atoms with Gasteiger partial charge in [0.25, 0.3) is 11.7 Å². The van der Waals surface area contributed by atoms with Crippen LogP contribution in [0.5, 0.6) is 5.75 Å². The second-order valence-corrected chi connectivity index (χ2v) is 9.08. The van der Waals surface area contributed by atoms with Crippen LogP contribution >= 0.6 is 11.6 Å². The highest BCUT2D eigenvalue weighted by atomic mass is 35.5. The predicted octanol–water partition coefficient (Wildman–Crippen LogP) is 4.90. The summed E-state index contributed by atoms with van der Waals surface area (Å²) >= 11 is 6.06. The fraction of sp³-hybridized carbons (Fsp3) is 0.214. The van der Waals surface area contributed by atoms with E-state index < -0.39 is 17.7 Å². The number of nitrogens with zero attached hydrogens (tertiary/aromatic N) is 2. The number of hydrogen-bond acceptors (Lipinski definition) is 5. The Morgan fingerprint density at radius 3 is 2.26 bits per heavy atom. The van der Waals surface area contributed by atoms with E-state index in [4.69, 9.17) is 16.3 Å². The molecule has 0 spiro atoms. The number of ether oxygens (including phenoxy) is 1. The SMILES string of the molecule is CN(C)CCN1C(=O)C(=O)/C(=C(\O)c2ccc(OCc3ccccc3)cc2)C1c1ccc(Cl)cc1. The van der Waals surface area contributed by atoms with Crippen molar-refractivity contribution in [2.45, 2.75) is 12.6 Å². The number of likely N-dealkylation sites (tertiary alicyclic amines) is 1. The molecule has 1 saturated heterocycles. The lowest BCUT2D eigenvalue weighted by Gasteiger charge is -2.26. The molecule has 1 fully saturated rings. The molecule has 0 aliphatic carbocycles. The summed E-state index contributed by atoms with van der Waals surface area (Å²) in [5.41, 5.74) is 2.24. The smallest absolute Gasteiger partial charge is 0.295 e. The van der Waals surface area contributed by atoms with Gasteiger partial charge in [-0.25, -0.2) is 0 Å². The molecule has 1 aliphatic rings. The van der Waals surface area contributed by atoms with Crippen LogP contribution in [-0.4, -0.2) is 53.8 Å². The molecule has 1 N–H and O–H groups in total. The molecule has 6 nitrogen and oxygen atoms in total. The standard InChI is InChI=1S/C28H27ClN2O4/c1-30(2)16-17-31-25(20-8-12-22(29)13-9-20)24(27(33)28(31)34)26(32)21-10-14-23(15-11-21)35-18-19-6-4-3-5-7-19/h3-15,25,32H,16-18H2,1-2H3/b26-24-. The molecule has 0 radical (unpaired) electrons. The monoisotopic (exact) mass is 490 g/mol. The first-order chi connectivity index (χ1) is 16.8. The highest BCUT2D eigenvalue weighted by Crippen LogP contribution is 2.39. The highest BCUT2D eigenvalue weighted by Gasteiger charge is 2.45. The fourth-order valence-corrected chi connectivity index (χ4v) is 4.14. The molecule has 4 rings (SSSR count). The van der Waals surface area contributed by atoms with Crippen molar-refractivity contribution in [2.24, 2.45) is 0 Å².